The molecule has 17 heteroatoms. The Balaban J connectivity index is 1.35. The van der Waals surface area contributed by atoms with E-state index >= 15 is 0 Å². The number of ether oxygens (including phenoxy) is 3. The van der Waals surface area contributed by atoms with Gasteiger partial charge >= 0.3 is 0 Å². The monoisotopic (exact) mass is 621 g/mol. The molecule has 2 fully saturated rings. The summed E-state index contributed by atoms with van der Waals surface area (Å²) in [6, 6.07) is 9.44. The highest BCUT2D eigenvalue weighted by atomic mass is 16.6. The Morgan fingerprint density at radius 3 is 2.60 bits per heavy atom. The number of hydrogen-bond acceptors (Lipinski definition) is 15. The molecule has 0 aliphatic carbocycles. The van der Waals surface area contributed by atoms with Crippen LogP contribution >= 0.6 is 0 Å². The molecule has 0 amide bonds. The van der Waals surface area contributed by atoms with Gasteiger partial charge in [0, 0.05) is 13.1 Å². The van der Waals surface area contributed by atoms with Gasteiger partial charge < -0.3 is 34.9 Å². The molecule has 0 bridgehead atoms. The number of aromatic nitrogens is 8. The van der Waals surface area contributed by atoms with Gasteiger partial charge in [-0.25, -0.2) is 4.98 Å². The maximum absolute atomic E-state index is 11.6. The van der Waals surface area contributed by atoms with Crippen LogP contribution in [0.3, 0.4) is 0 Å². The standard InChI is InChI=1S/C28H35N11O6/c1-37-35-25(34-36-37)22-21(43-16-41)23(44-17-42)27(45-22)39-15-30-20-24(31-19(14-40)13-18-7-3-2-4-8-18)32-28(33-26(20)39)29-9-12-38-10-5-6-11-38/h2-4,7-8,15-17,19,21-23,27,40H,5-6,9-14H2,1H3,(H2,29,31,32,33)/t19-,21+,22-,23+,27+/m0/s1. The number of benzene rings is 1. The SMILES string of the molecule is Cn1nnc([C@H]2O[C@@H](n3cnc4c(N[C@H](CO)Cc5ccccc5)nc(NCCN5CCCC5)nc43)[C@H](OC=O)[C@@H]2OC=O)n1. The number of carbonyl (C=O) groups is 2. The molecule has 6 rings (SSSR count). The number of tetrazole rings is 1. The Bertz CT molecular complexity index is 1580. The van der Waals surface area contributed by atoms with Crippen LogP contribution < -0.4 is 10.6 Å². The molecular formula is C28H35N11O6. The van der Waals surface area contributed by atoms with Crippen molar-refractivity contribution >= 4 is 35.9 Å². The van der Waals surface area contributed by atoms with Gasteiger partial charge in [0.1, 0.15) is 0 Å². The van der Waals surface area contributed by atoms with Gasteiger partial charge in [-0.2, -0.15) is 14.8 Å². The van der Waals surface area contributed by atoms with E-state index < -0.39 is 24.5 Å². The third kappa shape index (κ3) is 6.69. The predicted molar refractivity (Wildman–Crippen MR) is 158 cm³/mol. The third-order valence-electron chi connectivity index (χ3n) is 7.88. The third-order valence-corrected chi connectivity index (χ3v) is 7.88. The fraction of sp³-hybridized carbons (Fsp3) is 0.500. The molecule has 238 valence electrons. The number of aliphatic hydroxyl groups is 1. The number of carbonyl (C=O) groups excluding carboxylic acids is 2. The zero-order valence-electron chi connectivity index (χ0n) is 24.7. The zero-order valence-corrected chi connectivity index (χ0v) is 24.7. The lowest BCUT2D eigenvalue weighted by molar-refractivity contribution is -0.151. The Hall–Kier alpha value is -4.74. The number of aliphatic hydroxyl groups excluding tert-OH is 1. The fourth-order valence-electron chi connectivity index (χ4n) is 5.77. The summed E-state index contributed by atoms with van der Waals surface area (Å²) in [6.07, 6.45) is 0.188. The van der Waals surface area contributed by atoms with Crippen LogP contribution in [0.5, 0.6) is 0 Å². The van der Waals surface area contributed by atoms with E-state index in [0.29, 0.717) is 35.9 Å². The van der Waals surface area contributed by atoms with Crippen molar-refractivity contribution in [1.82, 2.24) is 44.6 Å². The molecule has 0 saturated carbocycles. The smallest absolute Gasteiger partial charge is 0.293 e. The second kappa shape index (κ2) is 13.9. The molecule has 17 nitrogen and oxygen atoms in total. The van der Waals surface area contributed by atoms with Gasteiger partial charge in [0.15, 0.2) is 41.5 Å². The van der Waals surface area contributed by atoms with Gasteiger partial charge in [-0.05, 0) is 43.1 Å². The first-order valence-electron chi connectivity index (χ1n) is 14.8. The summed E-state index contributed by atoms with van der Waals surface area (Å²) in [5.74, 6) is 0.876. The lowest BCUT2D eigenvalue weighted by Crippen LogP contribution is -2.34. The number of hydrogen-bond donors (Lipinski definition) is 3. The van der Waals surface area contributed by atoms with E-state index in [4.69, 9.17) is 24.2 Å². The minimum absolute atomic E-state index is 0.142. The molecule has 1 aromatic carbocycles. The van der Waals surface area contributed by atoms with E-state index in [-0.39, 0.29) is 31.4 Å². The zero-order chi connectivity index (χ0) is 31.2. The van der Waals surface area contributed by atoms with Crippen molar-refractivity contribution < 1.29 is 28.9 Å². The van der Waals surface area contributed by atoms with Crippen LogP contribution in [0.1, 0.15) is 36.6 Å². The number of nitrogens with one attached hydrogen (secondary N) is 2. The predicted octanol–water partition coefficient (Wildman–Crippen LogP) is 0.226. The first-order valence-corrected chi connectivity index (χ1v) is 14.8. The molecule has 45 heavy (non-hydrogen) atoms. The van der Waals surface area contributed by atoms with Crippen LogP contribution in [-0.2, 0) is 37.3 Å². The minimum atomic E-state index is -1.10. The van der Waals surface area contributed by atoms with Crippen LogP contribution in [0.2, 0.25) is 0 Å². The highest BCUT2D eigenvalue weighted by Gasteiger charge is 2.52. The summed E-state index contributed by atoms with van der Waals surface area (Å²) in [5.41, 5.74) is 1.80. The summed E-state index contributed by atoms with van der Waals surface area (Å²) in [5, 5.41) is 29.0. The first kappa shape index (κ1) is 30.3. The van der Waals surface area contributed by atoms with Crippen molar-refractivity contribution in [3.63, 3.8) is 0 Å². The van der Waals surface area contributed by atoms with Crippen LogP contribution in [0.15, 0.2) is 36.7 Å². The quantitative estimate of drug-likeness (QED) is 0.152. The summed E-state index contributed by atoms with van der Waals surface area (Å²) in [4.78, 5) is 40.8. The largest absolute Gasteiger partial charge is 0.457 e. The second-order valence-electron chi connectivity index (χ2n) is 10.9. The summed E-state index contributed by atoms with van der Waals surface area (Å²) in [6.45, 7) is 3.91. The summed E-state index contributed by atoms with van der Waals surface area (Å²) < 4.78 is 18.6. The van der Waals surface area contributed by atoms with Crippen molar-refractivity contribution in [3.8, 4) is 0 Å². The molecule has 0 spiro atoms. The fourth-order valence-corrected chi connectivity index (χ4v) is 5.77. The van der Waals surface area contributed by atoms with Gasteiger partial charge in [-0.3, -0.25) is 14.2 Å². The summed E-state index contributed by atoms with van der Waals surface area (Å²) >= 11 is 0. The molecular weight excluding hydrogens is 586 g/mol. The van der Waals surface area contributed by atoms with Crippen molar-refractivity contribution in [2.75, 3.05) is 43.4 Å². The number of aryl methyl sites for hydroxylation is 1. The van der Waals surface area contributed by atoms with Crippen molar-refractivity contribution in [2.45, 2.75) is 49.8 Å². The molecule has 0 unspecified atom stereocenters. The lowest BCUT2D eigenvalue weighted by atomic mass is 10.1. The number of anilines is 2. The molecule has 2 aliphatic rings. The Morgan fingerprint density at radius 1 is 1.11 bits per heavy atom. The van der Waals surface area contributed by atoms with Gasteiger partial charge in [-0.1, -0.05) is 30.3 Å². The Labute approximate surface area is 257 Å². The lowest BCUT2D eigenvalue weighted by Gasteiger charge is -2.21. The molecule has 5 atom stereocenters. The average Bonchev–Trinajstić information content (AvgIpc) is 3.86. The van der Waals surface area contributed by atoms with Crippen molar-refractivity contribution in [3.05, 3.63) is 48.0 Å². The van der Waals surface area contributed by atoms with Gasteiger partial charge in [0.05, 0.1) is 26.0 Å². The molecule has 4 aromatic rings. The minimum Gasteiger partial charge on any atom is -0.457 e. The van der Waals surface area contributed by atoms with Crippen molar-refractivity contribution in [1.29, 1.82) is 0 Å². The van der Waals surface area contributed by atoms with Crippen LogP contribution in [-0.4, -0.2) is 114 Å². The number of nitrogens with zero attached hydrogens (tertiary/aromatic N) is 9. The van der Waals surface area contributed by atoms with E-state index in [1.165, 1.54) is 24.0 Å². The van der Waals surface area contributed by atoms with Crippen LogP contribution in [0.25, 0.3) is 11.2 Å². The van der Waals surface area contributed by atoms with Crippen LogP contribution in [0.4, 0.5) is 11.8 Å². The topological polar surface area (TPSA) is 197 Å². The molecule has 2 saturated heterocycles. The molecule has 3 aromatic heterocycles. The van der Waals surface area contributed by atoms with Gasteiger partial charge in [0.2, 0.25) is 11.8 Å². The van der Waals surface area contributed by atoms with Gasteiger partial charge in [-0.15, -0.1) is 10.2 Å². The number of imidazole rings is 1. The molecule has 3 N–H and O–H groups in total. The highest BCUT2D eigenvalue weighted by molar-refractivity contribution is 5.84. The highest BCUT2D eigenvalue weighted by Crippen LogP contribution is 2.42. The normalized spacial score (nSPS) is 22.4. The number of fused-ring (bicyclic) bond motifs is 1. The van der Waals surface area contributed by atoms with E-state index in [9.17, 15) is 14.7 Å². The van der Waals surface area contributed by atoms with Crippen molar-refractivity contribution in [2.24, 2.45) is 7.05 Å². The summed E-state index contributed by atoms with van der Waals surface area (Å²) in [7, 11) is 1.59. The molecule has 5 heterocycles. The molecule has 0 radical (unpaired) electrons. The first-order chi connectivity index (χ1) is 22.1. The maximum Gasteiger partial charge on any atom is 0.293 e. The Kier molecular flexibility index (Phi) is 9.37. The maximum atomic E-state index is 11.6. The van der Waals surface area contributed by atoms with E-state index in [0.717, 1.165) is 25.2 Å². The van der Waals surface area contributed by atoms with Gasteiger partial charge in [0.25, 0.3) is 12.9 Å². The van der Waals surface area contributed by atoms with E-state index in [2.05, 4.69) is 35.9 Å². The molecule has 2 aliphatic heterocycles. The van der Waals surface area contributed by atoms with Crippen LogP contribution in [0, 0.1) is 0 Å². The number of rotatable bonds is 15. The second-order valence-corrected chi connectivity index (χ2v) is 10.9. The van der Waals surface area contributed by atoms with E-state index in [1.807, 2.05) is 30.3 Å². The Morgan fingerprint density at radius 2 is 1.89 bits per heavy atom. The van der Waals surface area contributed by atoms with E-state index in [1.54, 1.807) is 11.6 Å². The average molecular weight is 622 g/mol. The number of likely N-dealkylation sites (tertiary alicyclic amines) is 1.